The van der Waals surface area contributed by atoms with E-state index in [1.54, 1.807) is 34.6 Å². The second-order valence-corrected chi connectivity index (χ2v) is 5.88. The van der Waals surface area contributed by atoms with Gasteiger partial charge in [0.15, 0.2) is 5.78 Å². The topological polar surface area (TPSA) is 102 Å². The van der Waals surface area contributed by atoms with E-state index < -0.39 is 29.7 Å². The fourth-order valence-corrected chi connectivity index (χ4v) is 1.48. The van der Waals surface area contributed by atoms with Crippen molar-refractivity contribution >= 4 is 17.8 Å². The number of nitrogens with zero attached hydrogens (tertiary/aromatic N) is 1. The van der Waals surface area contributed by atoms with Gasteiger partial charge in [0, 0.05) is 20.0 Å². The quantitative estimate of drug-likeness (QED) is 0.750. The van der Waals surface area contributed by atoms with E-state index >= 15 is 0 Å². The molecular formula is C14H27N3O4. The third-order valence-electron chi connectivity index (χ3n) is 2.93. The lowest BCUT2D eigenvalue weighted by Gasteiger charge is -2.28. The predicted molar refractivity (Wildman–Crippen MR) is 79.7 cm³/mol. The minimum Gasteiger partial charge on any atom is -0.444 e. The molecular weight excluding hydrogens is 274 g/mol. The number of Topliss-reactive ketones (excluding diaryl/α,β-unsaturated/α-hetero) is 1. The number of nitrogens with one attached hydrogen (secondary N) is 1. The average molecular weight is 301 g/mol. The van der Waals surface area contributed by atoms with Crippen LogP contribution in [0.4, 0.5) is 4.79 Å². The van der Waals surface area contributed by atoms with E-state index in [4.69, 9.17) is 10.5 Å². The molecule has 0 aromatic carbocycles. The standard InChI is InChI=1S/C14H27N3O4/c1-7-11(18)10(8-15)16-12(19)9(2)17(6)13(20)21-14(3,4)5/h9-10H,7-8,15H2,1-6H3,(H,16,19)/t9-,10-/m0/s1. The van der Waals surface area contributed by atoms with Crippen LogP contribution in [0.15, 0.2) is 0 Å². The highest BCUT2D eigenvalue weighted by molar-refractivity contribution is 5.91. The first-order valence-electron chi connectivity index (χ1n) is 7.02. The summed E-state index contributed by atoms with van der Waals surface area (Å²) in [6.45, 7) is 8.52. The molecule has 0 saturated carbocycles. The lowest BCUT2D eigenvalue weighted by Crippen LogP contribution is -2.53. The summed E-state index contributed by atoms with van der Waals surface area (Å²) < 4.78 is 5.19. The van der Waals surface area contributed by atoms with Gasteiger partial charge in [-0.3, -0.25) is 14.5 Å². The molecule has 0 spiro atoms. The Hall–Kier alpha value is -1.63. The summed E-state index contributed by atoms with van der Waals surface area (Å²) in [6, 6.07) is -1.49. The van der Waals surface area contributed by atoms with Crippen molar-refractivity contribution in [3.8, 4) is 0 Å². The number of carbonyl (C=O) groups excluding carboxylic acids is 3. The molecule has 2 atom stereocenters. The normalized spacial score (nSPS) is 14.0. The highest BCUT2D eigenvalue weighted by atomic mass is 16.6. The zero-order valence-corrected chi connectivity index (χ0v) is 13.7. The van der Waals surface area contributed by atoms with Gasteiger partial charge in [-0.15, -0.1) is 0 Å². The lowest BCUT2D eigenvalue weighted by molar-refractivity contribution is -0.130. The van der Waals surface area contributed by atoms with Gasteiger partial charge in [0.2, 0.25) is 5.91 Å². The van der Waals surface area contributed by atoms with Crippen molar-refractivity contribution in [2.24, 2.45) is 5.73 Å². The molecule has 0 rings (SSSR count). The molecule has 0 aliphatic carbocycles. The van der Waals surface area contributed by atoms with E-state index in [0.29, 0.717) is 6.42 Å². The van der Waals surface area contributed by atoms with E-state index in [1.807, 2.05) is 0 Å². The van der Waals surface area contributed by atoms with Crippen LogP contribution in [-0.2, 0) is 14.3 Å². The lowest BCUT2D eigenvalue weighted by atomic mass is 10.1. The molecule has 0 bridgehead atoms. The zero-order valence-electron chi connectivity index (χ0n) is 13.7. The van der Waals surface area contributed by atoms with Crippen LogP contribution in [0.1, 0.15) is 41.0 Å². The number of amides is 2. The first kappa shape index (κ1) is 19.4. The van der Waals surface area contributed by atoms with Crippen LogP contribution in [-0.4, -0.2) is 54.0 Å². The second-order valence-electron chi connectivity index (χ2n) is 5.88. The molecule has 0 saturated heterocycles. The van der Waals surface area contributed by atoms with Gasteiger partial charge in [0.05, 0.1) is 6.04 Å². The molecule has 0 aliphatic heterocycles. The highest BCUT2D eigenvalue weighted by Gasteiger charge is 2.28. The van der Waals surface area contributed by atoms with Crippen molar-refractivity contribution in [1.82, 2.24) is 10.2 Å². The number of carbonyl (C=O) groups is 3. The zero-order chi connectivity index (χ0) is 16.8. The third-order valence-corrected chi connectivity index (χ3v) is 2.93. The van der Waals surface area contributed by atoms with Crippen LogP contribution >= 0.6 is 0 Å². The van der Waals surface area contributed by atoms with Crippen molar-refractivity contribution in [2.75, 3.05) is 13.6 Å². The molecule has 3 N–H and O–H groups in total. The number of rotatable bonds is 6. The van der Waals surface area contributed by atoms with Gasteiger partial charge in [0.25, 0.3) is 0 Å². The first-order valence-corrected chi connectivity index (χ1v) is 7.02. The Balaban J connectivity index is 4.69. The molecule has 0 aromatic heterocycles. The van der Waals surface area contributed by atoms with Gasteiger partial charge < -0.3 is 15.8 Å². The summed E-state index contributed by atoms with van der Waals surface area (Å²) in [5, 5.41) is 2.55. The van der Waals surface area contributed by atoms with E-state index in [2.05, 4.69) is 5.32 Å². The van der Waals surface area contributed by atoms with Crippen LogP contribution < -0.4 is 11.1 Å². The molecule has 0 unspecified atom stereocenters. The fraction of sp³-hybridized carbons (Fsp3) is 0.786. The van der Waals surface area contributed by atoms with E-state index in [1.165, 1.54) is 11.9 Å². The molecule has 7 heteroatoms. The Bertz CT molecular complexity index is 390. The van der Waals surface area contributed by atoms with Crippen LogP contribution in [0.25, 0.3) is 0 Å². The Kier molecular flexibility index (Phi) is 7.35. The minimum absolute atomic E-state index is 0.0291. The maximum absolute atomic E-state index is 12.1. The molecule has 0 heterocycles. The molecule has 0 aromatic rings. The maximum Gasteiger partial charge on any atom is 0.410 e. The number of hydrogen-bond donors (Lipinski definition) is 2. The van der Waals surface area contributed by atoms with Crippen molar-refractivity contribution in [1.29, 1.82) is 0 Å². The predicted octanol–water partition coefficient (Wildman–Crippen LogP) is 0.664. The SMILES string of the molecule is CCC(=O)[C@H](CN)NC(=O)[C@H](C)N(C)C(=O)OC(C)(C)C. The number of ketones is 1. The molecule has 21 heavy (non-hydrogen) atoms. The van der Waals surface area contributed by atoms with Crippen LogP contribution in [0.3, 0.4) is 0 Å². The summed E-state index contributed by atoms with van der Waals surface area (Å²) in [5.41, 5.74) is 4.84. The summed E-state index contributed by atoms with van der Waals surface area (Å²) in [7, 11) is 1.47. The third kappa shape index (κ3) is 6.57. The van der Waals surface area contributed by atoms with Crippen LogP contribution in [0.2, 0.25) is 0 Å². The average Bonchev–Trinajstić information content (AvgIpc) is 2.39. The monoisotopic (exact) mass is 301 g/mol. The summed E-state index contributed by atoms with van der Waals surface area (Å²) in [6.07, 6.45) is -0.311. The highest BCUT2D eigenvalue weighted by Crippen LogP contribution is 2.10. The summed E-state index contributed by atoms with van der Waals surface area (Å²) in [4.78, 5) is 36.7. The molecule has 0 fully saturated rings. The Morgan fingerprint density at radius 2 is 1.81 bits per heavy atom. The van der Waals surface area contributed by atoms with Gasteiger partial charge in [-0.1, -0.05) is 6.92 Å². The van der Waals surface area contributed by atoms with Crippen LogP contribution in [0, 0.1) is 0 Å². The Labute approximate surface area is 126 Å². The van der Waals surface area contributed by atoms with Crippen molar-refractivity contribution < 1.29 is 19.1 Å². The van der Waals surface area contributed by atoms with Gasteiger partial charge in [-0.2, -0.15) is 0 Å². The van der Waals surface area contributed by atoms with E-state index in [0.717, 1.165) is 0 Å². The van der Waals surface area contributed by atoms with Crippen molar-refractivity contribution in [3.63, 3.8) is 0 Å². The molecule has 122 valence electrons. The van der Waals surface area contributed by atoms with Gasteiger partial charge in [-0.25, -0.2) is 4.79 Å². The van der Waals surface area contributed by atoms with Gasteiger partial charge in [-0.05, 0) is 27.7 Å². The number of nitrogens with two attached hydrogens (primary N) is 1. The molecule has 0 aliphatic rings. The summed E-state index contributed by atoms with van der Waals surface area (Å²) >= 11 is 0. The number of ether oxygens (including phenoxy) is 1. The van der Waals surface area contributed by atoms with E-state index in [-0.39, 0.29) is 12.3 Å². The smallest absolute Gasteiger partial charge is 0.410 e. The largest absolute Gasteiger partial charge is 0.444 e. The fourth-order valence-electron chi connectivity index (χ4n) is 1.48. The molecule has 0 radical (unpaired) electrons. The second kappa shape index (κ2) is 7.97. The van der Waals surface area contributed by atoms with Crippen LogP contribution in [0.5, 0.6) is 0 Å². The maximum atomic E-state index is 12.1. The van der Waals surface area contributed by atoms with Crippen molar-refractivity contribution in [2.45, 2.75) is 58.7 Å². The number of likely N-dealkylation sites (N-methyl/N-ethyl adjacent to an activating group) is 1. The van der Waals surface area contributed by atoms with Crippen molar-refractivity contribution in [3.05, 3.63) is 0 Å². The minimum atomic E-state index is -0.765. The number of hydrogen-bond acceptors (Lipinski definition) is 5. The Morgan fingerprint density at radius 1 is 1.29 bits per heavy atom. The van der Waals surface area contributed by atoms with E-state index in [9.17, 15) is 14.4 Å². The summed E-state index contributed by atoms with van der Waals surface area (Å²) in [5.74, 6) is -0.585. The van der Waals surface area contributed by atoms with Gasteiger partial charge >= 0.3 is 6.09 Å². The Morgan fingerprint density at radius 3 is 2.19 bits per heavy atom. The molecule has 2 amide bonds. The first-order chi connectivity index (χ1) is 9.53. The van der Waals surface area contributed by atoms with Gasteiger partial charge in [0.1, 0.15) is 11.6 Å². The molecule has 7 nitrogen and oxygen atoms in total.